The van der Waals surface area contributed by atoms with Crippen LogP contribution in [0, 0.1) is 5.92 Å². The van der Waals surface area contributed by atoms with Crippen molar-refractivity contribution in [3.05, 3.63) is 90.6 Å². The highest BCUT2D eigenvalue weighted by atomic mass is 16.6. The van der Waals surface area contributed by atoms with Gasteiger partial charge in [0.05, 0.1) is 23.0 Å². The second kappa shape index (κ2) is 10.7. The van der Waals surface area contributed by atoms with Gasteiger partial charge in [-0.2, -0.15) is 0 Å². The number of aromatic nitrogens is 3. The van der Waals surface area contributed by atoms with Gasteiger partial charge in [0, 0.05) is 89.3 Å². The highest BCUT2D eigenvalue weighted by molar-refractivity contribution is 6.36. The molecular formula is C37H33N5O5. The molecule has 2 amide bonds. The summed E-state index contributed by atoms with van der Waals surface area (Å²) in [6.45, 7) is 3.35. The lowest BCUT2D eigenvalue weighted by Gasteiger charge is -2.33. The number of para-hydroxylation sites is 2. The second-order valence-electron chi connectivity index (χ2n) is 12.6. The zero-order valence-corrected chi connectivity index (χ0v) is 25.7. The molecular weight excluding hydrogens is 594 g/mol. The summed E-state index contributed by atoms with van der Waals surface area (Å²) in [5, 5.41) is 17.3. The minimum atomic E-state index is -0.374. The Balaban J connectivity index is 0.985. The Morgan fingerprint density at radius 3 is 1.89 bits per heavy atom. The van der Waals surface area contributed by atoms with Crippen LogP contribution in [0.1, 0.15) is 5.56 Å². The molecule has 0 aliphatic carbocycles. The smallest absolute Gasteiger partial charge is 0.410 e. The number of carbonyl (C=O) groups is 2. The SMILES string of the molecule is O=C(OCc1ccccc1)N1CCN(C(=O)OCC2Cn3c4ccccc4c4c5c[nH]c(O)c5c5c6ccccc6n(c5c43)C2)CC1. The Bertz CT molecular complexity index is 2350. The first kappa shape index (κ1) is 27.7. The van der Waals surface area contributed by atoms with E-state index in [0.29, 0.717) is 39.3 Å². The molecule has 236 valence electrons. The normalized spacial score (nSPS) is 16.6. The lowest BCUT2D eigenvalue weighted by molar-refractivity contribution is 0.0507. The summed E-state index contributed by atoms with van der Waals surface area (Å²) in [4.78, 5) is 32.3. The lowest BCUT2D eigenvalue weighted by Crippen LogP contribution is -2.51. The Morgan fingerprint density at radius 1 is 0.681 bits per heavy atom. The number of nitrogens with one attached hydrogen (secondary N) is 1. The van der Waals surface area contributed by atoms with Crippen molar-refractivity contribution in [2.24, 2.45) is 5.92 Å². The molecule has 0 saturated carbocycles. The van der Waals surface area contributed by atoms with Gasteiger partial charge in [-0.3, -0.25) is 0 Å². The molecule has 3 aromatic heterocycles. The quantitative estimate of drug-likeness (QED) is 0.223. The number of amides is 2. The van der Waals surface area contributed by atoms with Crippen LogP contribution in [0.25, 0.3) is 54.4 Å². The monoisotopic (exact) mass is 627 g/mol. The van der Waals surface area contributed by atoms with E-state index in [-0.39, 0.29) is 37.2 Å². The van der Waals surface area contributed by atoms with Crippen molar-refractivity contribution in [2.75, 3.05) is 32.8 Å². The molecule has 0 spiro atoms. The minimum absolute atomic E-state index is 0.00635. The van der Waals surface area contributed by atoms with Gasteiger partial charge in [-0.15, -0.1) is 0 Å². The van der Waals surface area contributed by atoms with Crippen molar-refractivity contribution in [1.29, 1.82) is 0 Å². The van der Waals surface area contributed by atoms with Crippen molar-refractivity contribution in [1.82, 2.24) is 23.9 Å². The predicted octanol–water partition coefficient (Wildman–Crippen LogP) is 6.81. The maximum absolute atomic E-state index is 13.3. The predicted molar refractivity (Wildman–Crippen MR) is 181 cm³/mol. The average molecular weight is 628 g/mol. The van der Waals surface area contributed by atoms with Gasteiger partial charge < -0.3 is 38.5 Å². The fraction of sp³-hybridized carbons (Fsp3) is 0.243. The summed E-state index contributed by atoms with van der Waals surface area (Å²) < 4.78 is 16.2. The standard InChI is InChI=1S/C37H33N5O5/c43-35-32-27(18-38-35)30-25-10-4-6-12-28(25)41-19-24(20-42-29-13-7-5-11-26(29)31(32)34(42)33(30)41)22-47-37(45)40-16-14-39(15-17-40)36(44)46-21-23-8-2-1-3-9-23/h1-13,18,24,38,43H,14-17,19-22H2. The van der Waals surface area contributed by atoms with Gasteiger partial charge in [0.2, 0.25) is 0 Å². The number of nitrogens with zero attached hydrogens (tertiary/aromatic N) is 4. The second-order valence-corrected chi connectivity index (χ2v) is 12.6. The Labute approximate surface area is 269 Å². The summed E-state index contributed by atoms with van der Waals surface area (Å²) in [7, 11) is 0. The van der Waals surface area contributed by atoms with Gasteiger partial charge in [-0.05, 0) is 17.7 Å². The molecule has 1 unspecified atom stereocenters. The molecule has 1 saturated heterocycles. The fourth-order valence-corrected chi connectivity index (χ4v) is 7.71. The molecule has 1 fully saturated rings. The third kappa shape index (κ3) is 4.31. The molecule has 9 rings (SSSR count). The summed E-state index contributed by atoms with van der Waals surface area (Å²) >= 11 is 0. The largest absolute Gasteiger partial charge is 0.494 e. The van der Waals surface area contributed by atoms with E-state index in [9.17, 15) is 14.7 Å². The van der Waals surface area contributed by atoms with E-state index >= 15 is 0 Å². The maximum Gasteiger partial charge on any atom is 0.410 e. The molecule has 10 nitrogen and oxygen atoms in total. The van der Waals surface area contributed by atoms with E-state index in [4.69, 9.17) is 9.47 Å². The van der Waals surface area contributed by atoms with Crippen LogP contribution in [0.2, 0.25) is 0 Å². The number of rotatable bonds is 4. The zero-order chi connectivity index (χ0) is 31.6. The first-order valence-corrected chi connectivity index (χ1v) is 16.1. The number of hydrogen-bond acceptors (Lipinski definition) is 5. The van der Waals surface area contributed by atoms with Gasteiger partial charge in [0.15, 0.2) is 5.88 Å². The Hall–Kier alpha value is -5.64. The molecule has 1 atom stereocenters. The van der Waals surface area contributed by atoms with Gasteiger partial charge in [-0.1, -0.05) is 66.7 Å². The van der Waals surface area contributed by atoms with Crippen LogP contribution in [-0.2, 0) is 29.2 Å². The van der Waals surface area contributed by atoms with E-state index in [0.717, 1.165) is 59.9 Å². The van der Waals surface area contributed by atoms with Gasteiger partial charge in [0.25, 0.3) is 0 Å². The summed E-state index contributed by atoms with van der Waals surface area (Å²) in [5.41, 5.74) is 5.35. The number of H-pyrrole nitrogens is 1. The molecule has 4 aromatic carbocycles. The third-order valence-electron chi connectivity index (χ3n) is 9.87. The van der Waals surface area contributed by atoms with Gasteiger partial charge in [-0.25, -0.2) is 9.59 Å². The summed E-state index contributed by atoms with van der Waals surface area (Å²) in [6, 6.07) is 26.3. The van der Waals surface area contributed by atoms with Gasteiger partial charge >= 0.3 is 12.2 Å². The molecule has 10 heteroatoms. The number of piperazine rings is 1. The summed E-state index contributed by atoms with van der Waals surface area (Å²) in [5.74, 6) is 0.161. The van der Waals surface area contributed by atoms with Crippen LogP contribution in [0.15, 0.2) is 85.1 Å². The lowest BCUT2D eigenvalue weighted by atomic mass is 10.0. The summed E-state index contributed by atoms with van der Waals surface area (Å²) in [6.07, 6.45) is 1.17. The topological polar surface area (TPSA) is 105 Å². The van der Waals surface area contributed by atoms with Crippen LogP contribution in [0.3, 0.4) is 0 Å². The van der Waals surface area contributed by atoms with Crippen LogP contribution >= 0.6 is 0 Å². The van der Waals surface area contributed by atoms with Crippen molar-refractivity contribution in [3.63, 3.8) is 0 Å². The van der Waals surface area contributed by atoms with Crippen LogP contribution in [0.4, 0.5) is 9.59 Å². The van der Waals surface area contributed by atoms with Crippen LogP contribution in [0.5, 0.6) is 5.88 Å². The molecule has 0 bridgehead atoms. The molecule has 0 radical (unpaired) electrons. The van der Waals surface area contributed by atoms with Gasteiger partial charge in [0.1, 0.15) is 6.61 Å². The molecule has 47 heavy (non-hydrogen) atoms. The molecule has 2 aliphatic heterocycles. The Kier molecular flexibility index (Phi) is 6.31. The molecule has 2 N–H and O–H groups in total. The highest BCUT2D eigenvalue weighted by Gasteiger charge is 2.31. The van der Waals surface area contributed by atoms with E-state index in [1.54, 1.807) is 9.80 Å². The number of aromatic amines is 1. The van der Waals surface area contributed by atoms with E-state index in [1.807, 2.05) is 48.7 Å². The first-order chi connectivity index (χ1) is 23.1. The van der Waals surface area contributed by atoms with Crippen LogP contribution < -0.4 is 0 Å². The first-order valence-electron chi connectivity index (χ1n) is 16.1. The van der Waals surface area contributed by atoms with E-state index < -0.39 is 0 Å². The third-order valence-corrected chi connectivity index (χ3v) is 9.87. The zero-order valence-electron chi connectivity index (χ0n) is 25.7. The number of fused-ring (bicyclic) bond motifs is 9. The molecule has 5 heterocycles. The maximum atomic E-state index is 13.3. The highest BCUT2D eigenvalue weighted by Crippen LogP contribution is 2.48. The molecule has 2 aliphatic rings. The van der Waals surface area contributed by atoms with E-state index in [1.165, 1.54) is 0 Å². The number of ether oxygens (including phenoxy) is 2. The number of benzene rings is 4. The minimum Gasteiger partial charge on any atom is -0.494 e. The number of aromatic hydroxyl groups is 1. The van der Waals surface area contributed by atoms with Crippen molar-refractivity contribution in [2.45, 2.75) is 19.7 Å². The van der Waals surface area contributed by atoms with E-state index in [2.05, 4.69) is 50.5 Å². The Morgan fingerprint density at radius 2 is 1.23 bits per heavy atom. The average Bonchev–Trinajstić information content (AvgIpc) is 3.72. The van der Waals surface area contributed by atoms with Crippen molar-refractivity contribution >= 4 is 66.6 Å². The van der Waals surface area contributed by atoms with Crippen molar-refractivity contribution in [3.8, 4) is 5.88 Å². The molecule has 7 aromatic rings. The van der Waals surface area contributed by atoms with Crippen LogP contribution in [-0.4, -0.2) is 74.0 Å². The number of carbonyl (C=O) groups excluding carboxylic acids is 2. The number of hydrogen-bond donors (Lipinski definition) is 2. The fourth-order valence-electron chi connectivity index (χ4n) is 7.71. The van der Waals surface area contributed by atoms with Crippen molar-refractivity contribution < 1.29 is 24.2 Å².